The van der Waals surface area contributed by atoms with Crippen LogP contribution in [0.2, 0.25) is 0 Å². The molecule has 0 bridgehead atoms. The highest BCUT2D eigenvalue weighted by atomic mass is 127. The van der Waals surface area contributed by atoms with Crippen LogP contribution in [0.15, 0.2) is 149 Å². The number of anilines is 4. The average molecular weight is 1970 g/mol. The van der Waals surface area contributed by atoms with E-state index in [4.69, 9.17) is 29.6 Å². The number of halogens is 3. The summed E-state index contributed by atoms with van der Waals surface area (Å²) in [6, 6.07) is 27.7. The Bertz CT molecular complexity index is 5200. The van der Waals surface area contributed by atoms with Gasteiger partial charge in [0.1, 0.15) is 26.8 Å². The number of carboxylic acid groups (broad SMARTS) is 1. The number of thiophene rings is 2. The van der Waals surface area contributed by atoms with Gasteiger partial charge < -0.3 is 55.4 Å². The molecular weight excluding hydrogens is 1860 g/mol. The molecule has 15 rings (SSSR count). The number of nitrogens with zero attached hydrogens (tertiary/aromatic N) is 6. The topological polar surface area (TPSA) is 280 Å². The standard InChI is InChI=1S/C30H35N3O3S2.C19H26INO2S.C17H21BN2O3S.C11H9BrN2OS.C7H8BrN.C4H3NO2S/c1-18-5-7-20(8-6-18)22-11-12-33(3)15-24(22)23-14-27(38-28(23)30(35)36-4)21-9-10-25(19(2)13-21)32-29(34)26-16-37-17-31-26;1-12-4-6-13(7-5-12)14-8-9-21(2)11-16(14)15-10-17(20)24-18(15)19(22)23-3;1-11-8-12(18-22-16(2,3)17(4,5)23-18)6-7-13(11)20-15(21)14-9-24-10-19-14;1-7-4-8(12)2-3-9(7)14-11(15)10-5-16-6-13-10;1-5-4-6(8)2-3-7(5)9;6-4(7)3-1-8-2-5-3/h9-10,13-14,16-18,20H,5-8,11-12,15H2,1-4H3,(H,32,34);10,12-13H,4-9,11H2,1-3H3;6-10H,1-5H3,(H,20,21);2-6H,1H3,(H,14,15);2-4H,9H2,1H3;1-2H,(H,6,7). The maximum atomic E-state index is 13.0. The van der Waals surface area contributed by atoms with Crippen molar-refractivity contribution in [2.24, 2.45) is 23.7 Å². The van der Waals surface area contributed by atoms with Gasteiger partial charge in [-0.3, -0.25) is 14.4 Å². The number of likely N-dealkylation sites (N-methyl/N-ethyl adjacent to an activating group) is 2. The SMILES string of the molecule is COC(=O)c1sc(-c2ccc(NC(=O)c3cscn3)c(C)c2)cc1C1=C(C2CCC(C)CC2)CCN(C)C1.COC(=O)c1sc(I)cc1C1=C(C2CCC(C)CC2)CCN(C)C1.Cc1cc(B2OC(C)(C)C(C)(C)O2)ccc1NC(=O)c1cscn1.Cc1cc(Br)ccc1N.Cc1cc(Br)ccc1NC(=O)c1cscn1.O=C(O)c1cscn1. The van der Waals surface area contributed by atoms with Crippen LogP contribution in [0.25, 0.3) is 21.6 Å². The van der Waals surface area contributed by atoms with E-state index in [9.17, 15) is 28.8 Å². The van der Waals surface area contributed by atoms with Crippen molar-refractivity contribution in [1.29, 1.82) is 0 Å². The Morgan fingerprint density at radius 3 is 1.32 bits per heavy atom. The Balaban J connectivity index is 0.000000161. The highest BCUT2D eigenvalue weighted by molar-refractivity contribution is 14.1. The number of nitrogens with two attached hydrogens (primary N) is 1. The van der Waals surface area contributed by atoms with E-state index in [0.29, 0.717) is 33.8 Å². The molecule has 0 spiro atoms. The van der Waals surface area contributed by atoms with E-state index in [0.717, 1.165) is 140 Å². The minimum atomic E-state index is -0.966. The van der Waals surface area contributed by atoms with Gasteiger partial charge in [-0.15, -0.1) is 68.0 Å². The van der Waals surface area contributed by atoms with Crippen molar-refractivity contribution in [3.8, 4) is 10.4 Å². The summed E-state index contributed by atoms with van der Waals surface area (Å²) in [7, 11) is 6.86. The maximum absolute atomic E-state index is 13.0. The predicted octanol–water partition coefficient (Wildman–Crippen LogP) is 21.8. The van der Waals surface area contributed by atoms with Gasteiger partial charge in [-0.1, -0.05) is 101 Å². The van der Waals surface area contributed by atoms with Gasteiger partial charge >= 0.3 is 25.0 Å². The number of carbonyl (C=O) groups excluding carboxylic acids is 5. The third-order valence-corrected chi connectivity index (χ3v) is 28.5. The van der Waals surface area contributed by atoms with Gasteiger partial charge in [0.15, 0.2) is 5.69 Å². The number of carbonyl (C=O) groups is 6. The molecule has 5 aliphatic rings. The number of carboxylic acids is 1. The van der Waals surface area contributed by atoms with Gasteiger partial charge in [0.2, 0.25) is 0 Å². The molecule has 3 aliphatic heterocycles. The first kappa shape index (κ1) is 93.8. The van der Waals surface area contributed by atoms with Crippen molar-refractivity contribution < 1.29 is 52.7 Å². The van der Waals surface area contributed by atoms with Gasteiger partial charge in [0, 0.05) is 95.4 Å². The molecule has 0 atom stereocenters. The molecule has 630 valence electrons. The van der Waals surface area contributed by atoms with E-state index in [1.54, 1.807) is 55.2 Å². The number of hydrogen-bond acceptors (Lipinski definition) is 23. The molecule has 31 heteroatoms. The lowest BCUT2D eigenvalue weighted by Gasteiger charge is -2.35. The lowest BCUT2D eigenvalue weighted by molar-refractivity contribution is 0.00578. The van der Waals surface area contributed by atoms with Crippen molar-refractivity contribution in [3.63, 3.8) is 0 Å². The van der Waals surface area contributed by atoms with Crippen molar-refractivity contribution in [2.75, 3.05) is 76.2 Å². The number of benzene rings is 4. The van der Waals surface area contributed by atoms with Crippen LogP contribution in [0.3, 0.4) is 0 Å². The molecule has 1 saturated heterocycles. The van der Waals surface area contributed by atoms with Gasteiger partial charge in [-0.25, -0.2) is 34.3 Å². The number of esters is 2. The number of thiazole rings is 4. The molecule has 0 radical (unpaired) electrons. The molecular formula is C88H102BBr2IN10O11S6. The Morgan fingerprint density at radius 1 is 0.538 bits per heavy atom. The first-order valence-corrected chi connectivity index (χ1v) is 47.2. The Labute approximate surface area is 752 Å². The smallest absolute Gasteiger partial charge is 0.476 e. The van der Waals surface area contributed by atoms with Crippen LogP contribution >= 0.6 is 122 Å². The molecule has 2 saturated carbocycles. The number of rotatable bonds is 15. The van der Waals surface area contributed by atoms with Crippen LogP contribution in [-0.2, 0) is 18.8 Å². The normalized spacial score (nSPS) is 18.2. The Morgan fingerprint density at radius 2 is 0.933 bits per heavy atom. The van der Waals surface area contributed by atoms with Crippen LogP contribution in [0.1, 0.15) is 200 Å². The minimum absolute atomic E-state index is 0.120. The van der Waals surface area contributed by atoms with Crippen LogP contribution < -0.4 is 27.1 Å². The number of nitrogens with one attached hydrogen (secondary N) is 3. The van der Waals surface area contributed by atoms with E-state index in [1.807, 2.05) is 122 Å². The molecule has 119 heavy (non-hydrogen) atoms. The van der Waals surface area contributed by atoms with Crippen LogP contribution in [0.5, 0.6) is 0 Å². The van der Waals surface area contributed by atoms with E-state index in [-0.39, 0.29) is 46.6 Å². The summed E-state index contributed by atoms with van der Waals surface area (Å²) in [5.41, 5.74) is 29.8. The zero-order valence-electron chi connectivity index (χ0n) is 69.4. The first-order valence-electron chi connectivity index (χ1n) is 39.2. The fourth-order valence-electron chi connectivity index (χ4n) is 14.5. The lowest BCUT2D eigenvalue weighted by Crippen LogP contribution is -2.41. The van der Waals surface area contributed by atoms with E-state index in [2.05, 4.69) is 146 Å². The van der Waals surface area contributed by atoms with Gasteiger partial charge in [0.25, 0.3) is 17.7 Å². The van der Waals surface area contributed by atoms with Crippen molar-refractivity contribution in [2.45, 2.75) is 145 Å². The van der Waals surface area contributed by atoms with Crippen molar-refractivity contribution in [1.82, 2.24) is 29.7 Å². The number of hydrogen-bond donors (Lipinski definition) is 5. The number of amides is 3. The van der Waals surface area contributed by atoms with E-state index >= 15 is 0 Å². The summed E-state index contributed by atoms with van der Waals surface area (Å²) in [6.07, 6.45) is 12.5. The number of aryl methyl sites for hydroxylation is 4. The summed E-state index contributed by atoms with van der Waals surface area (Å²) < 4.78 is 25.6. The fourth-order valence-corrected chi connectivity index (χ4v) is 20.4. The number of aromatic carboxylic acids is 1. The number of nitrogen functional groups attached to an aromatic ring is 1. The van der Waals surface area contributed by atoms with E-state index < -0.39 is 13.1 Å². The molecule has 4 aromatic carbocycles. The van der Waals surface area contributed by atoms with Gasteiger partial charge in [-0.05, 0) is 265 Å². The quantitative estimate of drug-likeness (QED) is 0.0276. The molecule has 9 heterocycles. The monoisotopic (exact) mass is 1960 g/mol. The highest BCUT2D eigenvalue weighted by Gasteiger charge is 2.52. The van der Waals surface area contributed by atoms with Crippen molar-refractivity contribution >= 4 is 205 Å². The van der Waals surface area contributed by atoms with Crippen LogP contribution in [-0.4, -0.2) is 143 Å². The lowest BCUT2D eigenvalue weighted by atomic mass is 9.75. The molecule has 0 unspecified atom stereocenters. The molecule has 3 amide bonds. The van der Waals surface area contributed by atoms with Gasteiger partial charge in [-0.2, -0.15) is 0 Å². The maximum Gasteiger partial charge on any atom is 0.494 e. The second-order valence-corrected chi connectivity index (χ2v) is 40.0. The minimum Gasteiger partial charge on any atom is -0.476 e. The summed E-state index contributed by atoms with van der Waals surface area (Å²) in [6.45, 7) is 24.7. The predicted molar refractivity (Wildman–Crippen MR) is 503 cm³/mol. The van der Waals surface area contributed by atoms with E-state index in [1.165, 1.54) is 144 Å². The third-order valence-electron chi connectivity index (χ3n) is 22.1. The Kier molecular flexibility index (Phi) is 34.3. The zero-order chi connectivity index (χ0) is 86.0. The average Bonchev–Trinajstić information content (AvgIpc) is 1.64. The van der Waals surface area contributed by atoms with Gasteiger partial charge in [0.05, 0.1) is 50.3 Å². The highest BCUT2D eigenvalue weighted by Crippen LogP contribution is 2.46. The molecule has 21 nitrogen and oxygen atoms in total. The summed E-state index contributed by atoms with van der Waals surface area (Å²) in [4.78, 5) is 94.4. The third kappa shape index (κ3) is 25.6. The summed E-state index contributed by atoms with van der Waals surface area (Å²) in [5.74, 6) is 0.932. The summed E-state index contributed by atoms with van der Waals surface area (Å²) in [5, 5.41) is 23.6. The molecule has 6 N–H and O–H groups in total. The van der Waals surface area contributed by atoms with Crippen LogP contribution in [0.4, 0.5) is 22.7 Å². The molecule has 3 fully saturated rings. The molecule has 10 aromatic rings. The molecule has 2 aliphatic carbocycles. The number of ether oxygens (including phenoxy) is 2. The zero-order valence-corrected chi connectivity index (χ0v) is 79.6. The largest absolute Gasteiger partial charge is 0.494 e. The second-order valence-electron chi connectivity index (χ2n) is 31.3. The fraction of sp³-hybridized carbons (Fsp3) is 0.386. The number of methoxy groups -OCH3 is 2. The van der Waals surface area contributed by atoms with Crippen LogP contribution in [0, 0.1) is 54.3 Å². The number of aromatic nitrogens is 4. The Hall–Kier alpha value is -7.51. The second kappa shape index (κ2) is 43.5. The molecule has 6 aromatic heterocycles. The summed E-state index contributed by atoms with van der Waals surface area (Å²) >= 11 is 17.6. The first-order chi connectivity index (χ1) is 56.7. The van der Waals surface area contributed by atoms with Crippen molar-refractivity contribution in [3.05, 3.63) is 217 Å².